The normalized spacial score (nSPS) is 11.1. The molecule has 3 rings (SSSR count). The summed E-state index contributed by atoms with van der Waals surface area (Å²) in [4.78, 5) is 0. The first-order valence-electron chi connectivity index (χ1n) is 6.47. The monoisotopic (exact) mass is 292 g/mol. The molecule has 0 fully saturated rings. The van der Waals surface area contributed by atoms with E-state index in [1.807, 2.05) is 30.3 Å². The summed E-state index contributed by atoms with van der Waals surface area (Å²) in [6.07, 6.45) is 0. The average Bonchev–Trinajstić information content (AvgIpc) is 2.87. The standard InChI is InChI=1S/C16H12N4S/c1-10-7-8-15(13-6-4-3-5-12(10)13)18-19-16-14(9-17)11(2)20-21-16/h3-8H,1-2H3. The van der Waals surface area contributed by atoms with Gasteiger partial charge >= 0.3 is 0 Å². The molecule has 4 nitrogen and oxygen atoms in total. The van der Waals surface area contributed by atoms with Gasteiger partial charge in [0.25, 0.3) is 0 Å². The lowest BCUT2D eigenvalue weighted by Crippen LogP contribution is -1.78. The van der Waals surface area contributed by atoms with Crippen LogP contribution in [-0.2, 0) is 0 Å². The minimum absolute atomic E-state index is 0.500. The molecular formula is C16H12N4S. The fraction of sp³-hybridized carbons (Fsp3) is 0.125. The number of hydrogen-bond acceptors (Lipinski definition) is 5. The van der Waals surface area contributed by atoms with Gasteiger partial charge in [0.15, 0.2) is 5.00 Å². The second-order valence-electron chi connectivity index (χ2n) is 4.71. The van der Waals surface area contributed by atoms with E-state index in [2.05, 4.69) is 33.7 Å². The maximum Gasteiger partial charge on any atom is 0.176 e. The third kappa shape index (κ3) is 2.41. The summed E-state index contributed by atoms with van der Waals surface area (Å²) in [6, 6.07) is 14.2. The van der Waals surface area contributed by atoms with E-state index < -0.39 is 0 Å². The Bertz CT molecular complexity index is 887. The van der Waals surface area contributed by atoms with Gasteiger partial charge in [0.1, 0.15) is 11.6 Å². The molecule has 0 amide bonds. The van der Waals surface area contributed by atoms with Crippen molar-refractivity contribution < 1.29 is 0 Å². The largest absolute Gasteiger partial charge is 0.194 e. The molecule has 0 aliphatic heterocycles. The van der Waals surface area contributed by atoms with Gasteiger partial charge in [0.05, 0.1) is 11.4 Å². The van der Waals surface area contributed by atoms with Crippen LogP contribution < -0.4 is 0 Å². The molecule has 102 valence electrons. The van der Waals surface area contributed by atoms with Crippen molar-refractivity contribution in [1.29, 1.82) is 5.26 Å². The van der Waals surface area contributed by atoms with Gasteiger partial charge in [-0.2, -0.15) is 9.64 Å². The zero-order valence-corrected chi connectivity index (χ0v) is 12.5. The van der Waals surface area contributed by atoms with E-state index in [1.54, 1.807) is 6.92 Å². The predicted molar refractivity (Wildman–Crippen MR) is 84.4 cm³/mol. The van der Waals surface area contributed by atoms with Crippen LogP contribution in [0.1, 0.15) is 16.8 Å². The van der Waals surface area contributed by atoms with E-state index in [4.69, 9.17) is 5.26 Å². The van der Waals surface area contributed by atoms with Crippen LogP contribution in [0.2, 0.25) is 0 Å². The highest BCUT2D eigenvalue weighted by Gasteiger charge is 2.09. The van der Waals surface area contributed by atoms with Gasteiger partial charge in [-0.3, -0.25) is 0 Å². The Hall–Kier alpha value is -2.58. The number of aromatic nitrogens is 1. The quantitative estimate of drug-likeness (QED) is 0.609. The highest BCUT2D eigenvalue weighted by atomic mass is 32.1. The molecule has 0 saturated heterocycles. The molecule has 0 bridgehead atoms. The highest BCUT2D eigenvalue weighted by Crippen LogP contribution is 2.32. The summed E-state index contributed by atoms with van der Waals surface area (Å²) >= 11 is 1.20. The van der Waals surface area contributed by atoms with Gasteiger partial charge in [0.2, 0.25) is 0 Å². The first-order chi connectivity index (χ1) is 10.2. The number of nitriles is 1. The number of benzene rings is 2. The van der Waals surface area contributed by atoms with Crippen LogP contribution in [-0.4, -0.2) is 4.37 Å². The molecule has 0 radical (unpaired) electrons. The molecule has 1 heterocycles. The van der Waals surface area contributed by atoms with Crippen molar-refractivity contribution in [3.63, 3.8) is 0 Å². The lowest BCUT2D eigenvalue weighted by atomic mass is 10.0. The fourth-order valence-corrected chi connectivity index (χ4v) is 2.85. The van der Waals surface area contributed by atoms with Crippen LogP contribution in [0.15, 0.2) is 46.6 Å². The lowest BCUT2D eigenvalue weighted by molar-refractivity contribution is 1.24. The van der Waals surface area contributed by atoms with Crippen molar-refractivity contribution in [2.75, 3.05) is 0 Å². The molecule has 21 heavy (non-hydrogen) atoms. The smallest absolute Gasteiger partial charge is 0.176 e. The SMILES string of the molecule is Cc1nsc(N=Nc2ccc(C)c3ccccc23)c1C#N. The number of nitrogens with zero attached hydrogens (tertiary/aromatic N) is 4. The third-order valence-electron chi connectivity index (χ3n) is 3.32. The van der Waals surface area contributed by atoms with E-state index in [-0.39, 0.29) is 0 Å². The van der Waals surface area contributed by atoms with Crippen molar-refractivity contribution >= 4 is 33.0 Å². The Morgan fingerprint density at radius 2 is 1.81 bits per heavy atom. The average molecular weight is 292 g/mol. The Morgan fingerprint density at radius 3 is 2.57 bits per heavy atom. The topological polar surface area (TPSA) is 61.4 Å². The summed E-state index contributed by atoms with van der Waals surface area (Å²) in [6.45, 7) is 3.87. The molecule has 1 aromatic heterocycles. The summed E-state index contributed by atoms with van der Waals surface area (Å²) in [5, 5.41) is 20.4. The minimum atomic E-state index is 0.500. The Labute approximate surface area is 126 Å². The summed E-state index contributed by atoms with van der Waals surface area (Å²) in [5.41, 5.74) is 3.20. The molecule has 0 N–H and O–H groups in total. The number of rotatable bonds is 2. The van der Waals surface area contributed by atoms with E-state index in [9.17, 15) is 0 Å². The first kappa shape index (κ1) is 13.4. The van der Waals surface area contributed by atoms with E-state index in [1.165, 1.54) is 17.1 Å². The van der Waals surface area contributed by atoms with Gasteiger partial charge in [-0.25, -0.2) is 0 Å². The molecular weight excluding hydrogens is 280 g/mol. The van der Waals surface area contributed by atoms with Crippen LogP contribution >= 0.6 is 11.5 Å². The third-order valence-corrected chi connectivity index (χ3v) is 4.15. The number of hydrogen-bond donors (Lipinski definition) is 0. The van der Waals surface area contributed by atoms with Crippen LogP contribution in [0.3, 0.4) is 0 Å². The van der Waals surface area contributed by atoms with E-state index >= 15 is 0 Å². The molecule has 0 atom stereocenters. The zero-order chi connectivity index (χ0) is 14.8. The zero-order valence-electron chi connectivity index (χ0n) is 11.7. The van der Waals surface area contributed by atoms with Gasteiger partial charge in [0, 0.05) is 5.39 Å². The number of azo groups is 1. The van der Waals surface area contributed by atoms with Crippen molar-refractivity contribution in [3.8, 4) is 6.07 Å². The molecule has 0 aliphatic rings. The van der Waals surface area contributed by atoms with E-state index in [0.717, 1.165) is 16.5 Å². The van der Waals surface area contributed by atoms with Gasteiger partial charge in [-0.1, -0.05) is 30.3 Å². The summed E-state index contributed by atoms with van der Waals surface area (Å²) < 4.78 is 4.14. The first-order valence-corrected chi connectivity index (χ1v) is 7.24. The summed E-state index contributed by atoms with van der Waals surface area (Å²) in [5.74, 6) is 0. The lowest BCUT2D eigenvalue weighted by Gasteiger charge is -2.03. The molecule has 2 aromatic carbocycles. The fourth-order valence-electron chi connectivity index (χ4n) is 2.18. The minimum Gasteiger partial charge on any atom is -0.194 e. The molecule has 0 spiro atoms. The van der Waals surface area contributed by atoms with Gasteiger partial charge in [-0.05, 0) is 42.4 Å². The summed E-state index contributed by atoms with van der Waals surface area (Å²) in [7, 11) is 0. The molecule has 3 aromatic rings. The van der Waals surface area contributed by atoms with Crippen molar-refractivity contribution in [2.24, 2.45) is 10.2 Å². The van der Waals surface area contributed by atoms with Crippen LogP contribution in [0.4, 0.5) is 10.7 Å². The van der Waals surface area contributed by atoms with Gasteiger partial charge in [-0.15, -0.1) is 10.2 Å². The second-order valence-corrected chi connectivity index (χ2v) is 5.46. The van der Waals surface area contributed by atoms with Gasteiger partial charge < -0.3 is 0 Å². The molecule has 5 heteroatoms. The number of aryl methyl sites for hydroxylation is 2. The molecule has 0 saturated carbocycles. The number of fused-ring (bicyclic) bond motifs is 1. The van der Waals surface area contributed by atoms with Crippen LogP contribution in [0.5, 0.6) is 0 Å². The van der Waals surface area contributed by atoms with Crippen LogP contribution in [0.25, 0.3) is 10.8 Å². The predicted octanol–water partition coefficient (Wildman–Crippen LogP) is 5.20. The molecule has 0 unspecified atom stereocenters. The Kier molecular flexibility index (Phi) is 3.46. The van der Waals surface area contributed by atoms with Crippen molar-refractivity contribution in [3.05, 3.63) is 53.2 Å². The van der Waals surface area contributed by atoms with Crippen molar-refractivity contribution in [2.45, 2.75) is 13.8 Å². The maximum atomic E-state index is 9.11. The van der Waals surface area contributed by atoms with Crippen LogP contribution in [0, 0.1) is 25.2 Å². The van der Waals surface area contributed by atoms with E-state index in [0.29, 0.717) is 16.3 Å². The highest BCUT2D eigenvalue weighted by molar-refractivity contribution is 7.10. The second kappa shape index (κ2) is 5.43. The van der Waals surface area contributed by atoms with Crippen molar-refractivity contribution in [1.82, 2.24) is 4.37 Å². The Morgan fingerprint density at radius 1 is 1.05 bits per heavy atom. The Balaban J connectivity index is 2.08. The molecule has 0 aliphatic carbocycles. The maximum absolute atomic E-state index is 9.11.